The SMILES string of the molecule is CCNC(=NCCN1CCN(C(=O)C2CCC2)CC1)NCCSc1ccccc1. The Balaban J connectivity index is 1.32. The average Bonchev–Trinajstić information content (AvgIpc) is 2.71. The zero-order chi connectivity index (χ0) is 20.3. The van der Waals surface area contributed by atoms with E-state index in [0.717, 1.165) is 76.9 Å². The first-order valence-electron chi connectivity index (χ1n) is 11.0. The number of aliphatic imine (C=N–C) groups is 1. The number of benzene rings is 1. The summed E-state index contributed by atoms with van der Waals surface area (Å²) in [6.45, 7) is 9.22. The quantitative estimate of drug-likeness (QED) is 0.279. The normalized spacial score (nSPS) is 18.4. The average molecular weight is 418 g/mol. The predicted octanol–water partition coefficient (Wildman–Crippen LogP) is 2.28. The molecule has 1 aromatic rings. The molecule has 1 aliphatic carbocycles. The van der Waals surface area contributed by atoms with Crippen molar-refractivity contribution in [1.29, 1.82) is 0 Å². The minimum atomic E-state index is 0.319. The van der Waals surface area contributed by atoms with Gasteiger partial charge in [-0.05, 0) is 31.9 Å². The van der Waals surface area contributed by atoms with Gasteiger partial charge in [0.2, 0.25) is 5.91 Å². The van der Waals surface area contributed by atoms with Crippen LogP contribution in [0.1, 0.15) is 26.2 Å². The summed E-state index contributed by atoms with van der Waals surface area (Å²) in [6.07, 6.45) is 3.41. The Bertz CT molecular complexity index is 642. The van der Waals surface area contributed by atoms with Gasteiger partial charge >= 0.3 is 0 Å². The van der Waals surface area contributed by atoms with Crippen LogP contribution >= 0.6 is 11.8 Å². The van der Waals surface area contributed by atoms with Crippen LogP contribution in [0.15, 0.2) is 40.2 Å². The van der Waals surface area contributed by atoms with Gasteiger partial charge < -0.3 is 15.5 Å². The number of guanidine groups is 1. The van der Waals surface area contributed by atoms with E-state index in [0.29, 0.717) is 11.8 Å². The lowest BCUT2D eigenvalue weighted by Crippen LogP contribution is -2.51. The van der Waals surface area contributed by atoms with E-state index < -0.39 is 0 Å². The fraction of sp³-hybridized carbons (Fsp3) is 0.636. The smallest absolute Gasteiger partial charge is 0.225 e. The molecule has 2 N–H and O–H groups in total. The highest BCUT2D eigenvalue weighted by molar-refractivity contribution is 7.99. The number of carbonyl (C=O) groups excluding carboxylic acids is 1. The van der Waals surface area contributed by atoms with Crippen LogP contribution in [-0.2, 0) is 4.79 Å². The van der Waals surface area contributed by atoms with Gasteiger partial charge in [-0.2, -0.15) is 0 Å². The van der Waals surface area contributed by atoms with Gasteiger partial charge in [0.05, 0.1) is 6.54 Å². The van der Waals surface area contributed by atoms with E-state index in [9.17, 15) is 4.79 Å². The summed E-state index contributed by atoms with van der Waals surface area (Å²) in [5.74, 6) is 2.60. The molecule has 0 atom stereocenters. The number of thioether (sulfide) groups is 1. The van der Waals surface area contributed by atoms with E-state index in [4.69, 9.17) is 4.99 Å². The molecule has 1 aromatic carbocycles. The number of hydrogen-bond donors (Lipinski definition) is 2. The highest BCUT2D eigenvalue weighted by atomic mass is 32.2. The highest BCUT2D eigenvalue weighted by Crippen LogP contribution is 2.28. The van der Waals surface area contributed by atoms with Crippen molar-refractivity contribution in [3.63, 3.8) is 0 Å². The summed E-state index contributed by atoms with van der Waals surface area (Å²) >= 11 is 1.85. The van der Waals surface area contributed by atoms with Gasteiger partial charge in [-0.15, -0.1) is 11.8 Å². The third-order valence-electron chi connectivity index (χ3n) is 5.58. The number of piperazine rings is 1. The van der Waals surface area contributed by atoms with E-state index in [1.165, 1.54) is 11.3 Å². The fourth-order valence-electron chi connectivity index (χ4n) is 3.61. The maximum Gasteiger partial charge on any atom is 0.225 e. The second kappa shape index (κ2) is 12.1. The van der Waals surface area contributed by atoms with Crippen LogP contribution in [0, 0.1) is 5.92 Å². The van der Waals surface area contributed by atoms with E-state index in [1.807, 2.05) is 17.8 Å². The summed E-state index contributed by atoms with van der Waals surface area (Å²) in [6, 6.07) is 10.5. The number of carbonyl (C=O) groups is 1. The molecular formula is C22H35N5OS. The summed E-state index contributed by atoms with van der Waals surface area (Å²) < 4.78 is 0. The molecule has 0 bridgehead atoms. The van der Waals surface area contributed by atoms with Crippen LogP contribution in [0.4, 0.5) is 0 Å². The lowest BCUT2D eigenvalue weighted by atomic mass is 9.84. The van der Waals surface area contributed by atoms with Crippen LogP contribution in [0.25, 0.3) is 0 Å². The second-order valence-corrected chi connectivity index (χ2v) is 8.81. The maximum atomic E-state index is 12.3. The Kier molecular flexibility index (Phi) is 9.15. The van der Waals surface area contributed by atoms with E-state index in [-0.39, 0.29) is 0 Å². The van der Waals surface area contributed by atoms with Crippen molar-refractivity contribution >= 4 is 23.6 Å². The number of amides is 1. The molecule has 29 heavy (non-hydrogen) atoms. The Morgan fingerprint density at radius 1 is 1.14 bits per heavy atom. The largest absolute Gasteiger partial charge is 0.357 e. The molecule has 3 rings (SSSR count). The van der Waals surface area contributed by atoms with Crippen molar-refractivity contribution in [1.82, 2.24) is 20.4 Å². The summed E-state index contributed by atoms with van der Waals surface area (Å²) in [7, 11) is 0. The summed E-state index contributed by atoms with van der Waals surface area (Å²) in [5.41, 5.74) is 0. The minimum Gasteiger partial charge on any atom is -0.357 e. The van der Waals surface area contributed by atoms with Crippen LogP contribution in [0.5, 0.6) is 0 Å². The third kappa shape index (κ3) is 7.23. The van der Waals surface area contributed by atoms with Crippen LogP contribution in [0.2, 0.25) is 0 Å². The first kappa shape index (κ1) is 22.0. The Morgan fingerprint density at radius 2 is 1.90 bits per heavy atom. The van der Waals surface area contributed by atoms with Gasteiger partial charge in [0.15, 0.2) is 5.96 Å². The molecule has 1 heterocycles. The first-order valence-corrected chi connectivity index (χ1v) is 12.0. The second-order valence-electron chi connectivity index (χ2n) is 7.64. The van der Waals surface area contributed by atoms with Crippen LogP contribution in [-0.4, -0.2) is 79.8 Å². The topological polar surface area (TPSA) is 60.0 Å². The van der Waals surface area contributed by atoms with Crippen molar-refractivity contribution in [2.45, 2.75) is 31.1 Å². The molecule has 6 nitrogen and oxygen atoms in total. The lowest BCUT2D eigenvalue weighted by molar-refractivity contribution is -0.139. The zero-order valence-corrected chi connectivity index (χ0v) is 18.4. The number of nitrogens with one attached hydrogen (secondary N) is 2. The van der Waals surface area contributed by atoms with Crippen molar-refractivity contribution in [2.24, 2.45) is 10.9 Å². The molecule has 7 heteroatoms. The molecule has 1 saturated carbocycles. The molecule has 1 saturated heterocycles. The Morgan fingerprint density at radius 3 is 2.55 bits per heavy atom. The van der Waals surface area contributed by atoms with Crippen molar-refractivity contribution < 1.29 is 4.79 Å². The lowest BCUT2D eigenvalue weighted by Gasteiger charge is -2.38. The molecule has 0 aromatic heterocycles. The number of nitrogens with zero attached hydrogens (tertiary/aromatic N) is 3. The van der Waals surface area contributed by atoms with Crippen LogP contribution < -0.4 is 10.6 Å². The molecule has 0 radical (unpaired) electrons. The minimum absolute atomic E-state index is 0.319. The molecule has 2 fully saturated rings. The van der Waals surface area contributed by atoms with Gasteiger partial charge in [-0.1, -0.05) is 24.6 Å². The molecule has 1 amide bonds. The molecule has 0 spiro atoms. The molecule has 1 aliphatic heterocycles. The van der Waals surface area contributed by atoms with Gasteiger partial charge in [0.1, 0.15) is 0 Å². The maximum absolute atomic E-state index is 12.3. The van der Waals surface area contributed by atoms with Crippen molar-refractivity contribution in [2.75, 3.05) is 58.1 Å². The zero-order valence-electron chi connectivity index (χ0n) is 17.6. The van der Waals surface area contributed by atoms with Gasteiger partial charge in [0.25, 0.3) is 0 Å². The van der Waals surface area contributed by atoms with Crippen LogP contribution in [0.3, 0.4) is 0 Å². The van der Waals surface area contributed by atoms with E-state index >= 15 is 0 Å². The summed E-state index contributed by atoms with van der Waals surface area (Å²) in [4.78, 5) is 22.9. The number of hydrogen-bond acceptors (Lipinski definition) is 4. The van der Waals surface area contributed by atoms with E-state index in [1.54, 1.807) is 0 Å². The first-order chi connectivity index (χ1) is 14.3. The van der Waals surface area contributed by atoms with Crippen molar-refractivity contribution in [3.05, 3.63) is 30.3 Å². The Hall–Kier alpha value is -1.73. The van der Waals surface area contributed by atoms with Gasteiger partial charge in [-0.25, -0.2) is 0 Å². The Labute approximate surface area is 179 Å². The number of rotatable bonds is 9. The van der Waals surface area contributed by atoms with E-state index in [2.05, 4.69) is 51.6 Å². The third-order valence-corrected chi connectivity index (χ3v) is 6.59. The highest BCUT2D eigenvalue weighted by Gasteiger charge is 2.30. The fourth-order valence-corrected chi connectivity index (χ4v) is 4.39. The monoisotopic (exact) mass is 417 g/mol. The summed E-state index contributed by atoms with van der Waals surface area (Å²) in [5, 5.41) is 6.75. The molecule has 2 aliphatic rings. The van der Waals surface area contributed by atoms with Gasteiger partial charge in [0, 0.05) is 62.4 Å². The van der Waals surface area contributed by atoms with Gasteiger partial charge in [-0.3, -0.25) is 14.7 Å². The molecular weight excluding hydrogens is 382 g/mol. The van der Waals surface area contributed by atoms with Crippen molar-refractivity contribution in [3.8, 4) is 0 Å². The predicted molar refractivity (Wildman–Crippen MR) is 122 cm³/mol. The molecule has 0 unspecified atom stereocenters. The standard InChI is InChI=1S/C22H35N5OS/c1-2-23-22(25-12-18-29-20-9-4-3-5-10-20)24-11-13-26-14-16-27(17-15-26)21(28)19-7-6-8-19/h3-5,9-10,19H,2,6-8,11-18H2,1H3,(H2,23,24,25). The molecule has 160 valence electrons.